The molecule has 0 saturated carbocycles. The fourth-order valence-electron chi connectivity index (χ4n) is 3.24. The smallest absolute Gasteiger partial charge is 0.338 e. The second-order valence-corrected chi connectivity index (χ2v) is 5.15. The van der Waals surface area contributed by atoms with Crippen LogP contribution < -0.4 is 0 Å². The molecule has 4 heteroatoms. The third kappa shape index (κ3) is 1.39. The molecule has 0 aromatic carbocycles. The van der Waals surface area contributed by atoms with E-state index in [1.165, 1.54) is 6.42 Å². The molecule has 3 aliphatic heterocycles. The molecule has 0 N–H and O–H groups in total. The van der Waals surface area contributed by atoms with Crippen molar-refractivity contribution >= 4 is 5.97 Å². The van der Waals surface area contributed by atoms with E-state index in [1.807, 2.05) is 13.8 Å². The molecule has 3 fully saturated rings. The van der Waals surface area contributed by atoms with E-state index in [1.54, 1.807) is 0 Å². The summed E-state index contributed by atoms with van der Waals surface area (Å²) in [7, 11) is 0. The normalized spacial score (nSPS) is 49.4. The summed E-state index contributed by atoms with van der Waals surface area (Å²) in [4.78, 5) is 11.6. The Balaban J connectivity index is 1.66. The summed E-state index contributed by atoms with van der Waals surface area (Å²) in [5.41, 5.74) is -0.327. The summed E-state index contributed by atoms with van der Waals surface area (Å²) >= 11 is 0. The minimum Gasteiger partial charge on any atom is -0.464 e. The molecule has 3 saturated heterocycles. The Bertz CT molecular complexity index is 316. The molecule has 0 aromatic heterocycles. The average Bonchev–Trinajstić information content (AvgIpc) is 2.67. The maximum absolute atomic E-state index is 11.6. The van der Waals surface area contributed by atoms with Crippen LogP contribution in [-0.4, -0.2) is 36.5 Å². The number of esters is 1. The van der Waals surface area contributed by atoms with Crippen molar-refractivity contribution in [3.63, 3.8) is 0 Å². The first-order valence-corrected chi connectivity index (χ1v) is 6.15. The quantitative estimate of drug-likeness (QED) is 0.537. The van der Waals surface area contributed by atoms with Crippen molar-refractivity contribution in [2.75, 3.05) is 6.61 Å². The zero-order valence-corrected chi connectivity index (χ0v) is 9.77. The highest BCUT2D eigenvalue weighted by molar-refractivity contribution is 5.79. The van der Waals surface area contributed by atoms with Gasteiger partial charge in [-0.3, -0.25) is 0 Å². The predicted octanol–water partition coefficient (Wildman–Crippen LogP) is 1.27. The Labute approximate surface area is 95.2 Å². The van der Waals surface area contributed by atoms with Crippen LogP contribution in [-0.2, 0) is 19.0 Å². The van der Waals surface area contributed by atoms with Crippen LogP contribution >= 0.6 is 0 Å². The molecule has 5 unspecified atom stereocenters. The molecule has 0 amide bonds. The van der Waals surface area contributed by atoms with E-state index in [9.17, 15) is 4.79 Å². The lowest BCUT2D eigenvalue weighted by atomic mass is 9.79. The molecule has 4 nitrogen and oxygen atoms in total. The van der Waals surface area contributed by atoms with Gasteiger partial charge in [-0.1, -0.05) is 0 Å². The van der Waals surface area contributed by atoms with Crippen molar-refractivity contribution in [3.05, 3.63) is 0 Å². The van der Waals surface area contributed by atoms with Crippen LogP contribution in [0.3, 0.4) is 0 Å². The van der Waals surface area contributed by atoms with E-state index in [-0.39, 0.29) is 17.7 Å². The van der Waals surface area contributed by atoms with Crippen LogP contribution in [0.25, 0.3) is 0 Å². The third-order valence-corrected chi connectivity index (χ3v) is 4.18. The minimum absolute atomic E-state index is 0.215. The Morgan fingerprint density at radius 1 is 1.50 bits per heavy atom. The molecule has 3 rings (SSSR count). The summed E-state index contributed by atoms with van der Waals surface area (Å²) in [5.74, 6) is 0.161. The van der Waals surface area contributed by atoms with Crippen LogP contribution in [0.2, 0.25) is 0 Å². The molecule has 3 aliphatic rings. The van der Waals surface area contributed by atoms with Crippen molar-refractivity contribution in [2.45, 2.75) is 57.0 Å². The van der Waals surface area contributed by atoms with Gasteiger partial charge in [-0.2, -0.15) is 0 Å². The lowest BCUT2D eigenvalue weighted by molar-refractivity contribution is -0.144. The molecule has 0 aromatic rings. The van der Waals surface area contributed by atoms with E-state index in [2.05, 4.69) is 0 Å². The van der Waals surface area contributed by atoms with Gasteiger partial charge in [0.05, 0.1) is 18.8 Å². The predicted molar refractivity (Wildman–Crippen MR) is 55.9 cm³/mol. The standard InChI is InChI=1S/C12H18O4/c1-3-14-11(13)10-12(2,16-10)8-6-7-4-5-9(8)15-7/h7-10H,3-6H2,1-2H3. The zero-order chi connectivity index (χ0) is 11.3. The maximum Gasteiger partial charge on any atom is 0.338 e. The minimum atomic E-state index is -0.361. The molecule has 5 atom stereocenters. The Morgan fingerprint density at radius 3 is 2.88 bits per heavy atom. The number of carbonyl (C=O) groups excluding carboxylic acids is 1. The van der Waals surface area contributed by atoms with E-state index < -0.39 is 0 Å². The van der Waals surface area contributed by atoms with Gasteiger partial charge in [-0.05, 0) is 33.1 Å². The third-order valence-electron chi connectivity index (χ3n) is 4.18. The van der Waals surface area contributed by atoms with Gasteiger partial charge in [-0.15, -0.1) is 0 Å². The lowest BCUT2D eigenvalue weighted by Crippen LogP contribution is -2.34. The van der Waals surface area contributed by atoms with Crippen LogP contribution in [0.5, 0.6) is 0 Å². The molecule has 16 heavy (non-hydrogen) atoms. The van der Waals surface area contributed by atoms with Gasteiger partial charge >= 0.3 is 5.97 Å². The van der Waals surface area contributed by atoms with Gasteiger partial charge < -0.3 is 14.2 Å². The molecule has 0 aliphatic carbocycles. The van der Waals surface area contributed by atoms with Gasteiger partial charge in [0.2, 0.25) is 0 Å². The van der Waals surface area contributed by atoms with Crippen molar-refractivity contribution < 1.29 is 19.0 Å². The van der Waals surface area contributed by atoms with Crippen LogP contribution in [0.1, 0.15) is 33.1 Å². The first kappa shape index (κ1) is 10.5. The Morgan fingerprint density at radius 2 is 2.31 bits per heavy atom. The number of hydrogen-bond acceptors (Lipinski definition) is 4. The highest BCUT2D eigenvalue weighted by Gasteiger charge is 2.66. The van der Waals surface area contributed by atoms with Gasteiger partial charge in [-0.25, -0.2) is 4.79 Å². The van der Waals surface area contributed by atoms with Crippen molar-refractivity contribution in [1.82, 2.24) is 0 Å². The summed E-state index contributed by atoms with van der Waals surface area (Å²) in [6, 6.07) is 0. The maximum atomic E-state index is 11.6. The Kier molecular flexibility index (Phi) is 2.27. The van der Waals surface area contributed by atoms with Gasteiger partial charge in [0.15, 0.2) is 6.10 Å². The van der Waals surface area contributed by atoms with Gasteiger partial charge in [0, 0.05) is 5.92 Å². The summed E-state index contributed by atoms with van der Waals surface area (Å²) in [5, 5.41) is 0. The first-order valence-electron chi connectivity index (χ1n) is 6.15. The number of rotatable bonds is 3. The van der Waals surface area contributed by atoms with E-state index >= 15 is 0 Å². The molecular weight excluding hydrogens is 208 g/mol. The number of ether oxygens (including phenoxy) is 3. The van der Waals surface area contributed by atoms with E-state index in [0.29, 0.717) is 24.7 Å². The van der Waals surface area contributed by atoms with Crippen LogP contribution in [0, 0.1) is 5.92 Å². The monoisotopic (exact) mass is 226 g/mol. The van der Waals surface area contributed by atoms with E-state index in [4.69, 9.17) is 14.2 Å². The van der Waals surface area contributed by atoms with Crippen LogP contribution in [0.15, 0.2) is 0 Å². The fourth-order valence-corrected chi connectivity index (χ4v) is 3.24. The topological polar surface area (TPSA) is 48.1 Å². The number of fused-ring (bicyclic) bond motifs is 2. The van der Waals surface area contributed by atoms with E-state index in [0.717, 1.165) is 12.8 Å². The van der Waals surface area contributed by atoms with Crippen molar-refractivity contribution in [3.8, 4) is 0 Å². The molecule has 3 heterocycles. The largest absolute Gasteiger partial charge is 0.464 e. The number of hydrogen-bond donors (Lipinski definition) is 0. The second-order valence-electron chi connectivity index (χ2n) is 5.15. The SMILES string of the molecule is CCOC(=O)C1OC1(C)C1CC2CCC1O2. The molecule has 0 spiro atoms. The van der Waals surface area contributed by atoms with Crippen molar-refractivity contribution in [2.24, 2.45) is 5.92 Å². The molecule has 90 valence electrons. The van der Waals surface area contributed by atoms with Crippen LogP contribution in [0.4, 0.5) is 0 Å². The highest BCUT2D eigenvalue weighted by atomic mass is 16.7. The molecular formula is C12H18O4. The highest BCUT2D eigenvalue weighted by Crippen LogP contribution is 2.53. The number of carbonyl (C=O) groups is 1. The fraction of sp³-hybridized carbons (Fsp3) is 0.917. The summed E-state index contributed by atoms with van der Waals surface area (Å²) in [6.07, 6.45) is 3.66. The average molecular weight is 226 g/mol. The second kappa shape index (κ2) is 3.44. The zero-order valence-electron chi connectivity index (χ0n) is 9.77. The summed E-state index contributed by atoms with van der Waals surface area (Å²) in [6.45, 7) is 4.25. The Hall–Kier alpha value is -0.610. The summed E-state index contributed by atoms with van der Waals surface area (Å²) < 4.78 is 16.4. The van der Waals surface area contributed by atoms with Gasteiger partial charge in [0.25, 0.3) is 0 Å². The molecule has 0 radical (unpaired) electrons. The first-order chi connectivity index (χ1) is 7.65. The number of epoxide rings is 1. The van der Waals surface area contributed by atoms with Crippen molar-refractivity contribution in [1.29, 1.82) is 0 Å². The molecule has 2 bridgehead atoms. The lowest BCUT2D eigenvalue weighted by Gasteiger charge is -2.22. The van der Waals surface area contributed by atoms with Gasteiger partial charge in [0.1, 0.15) is 5.60 Å².